The Morgan fingerprint density at radius 3 is 1.29 bits per heavy atom. The third-order valence-corrected chi connectivity index (χ3v) is 4.93. The molecule has 0 radical (unpaired) electrons. The number of hydrogen-bond acceptors (Lipinski definition) is 2. The second kappa shape index (κ2) is 13.6. The van der Waals surface area contributed by atoms with Crippen molar-refractivity contribution in [1.29, 1.82) is 0 Å². The van der Waals surface area contributed by atoms with Crippen molar-refractivity contribution in [2.45, 2.75) is 38.8 Å². The summed E-state index contributed by atoms with van der Waals surface area (Å²) in [5, 5.41) is 0. The molecule has 0 fully saturated rings. The van der Waals surface area contributed by atoms with Crippen molar-refractivity contribution in [2.24, 2.45) is 0 Å². The molecule has 2 nitrogen and oxygen atoms in total. The van der Waals surface area contributed by atoms with E-state index in [1.807, 2.05) is 12.1 Å². The van der Waals surface area contributed by atoms with Gasteiger partial charge in [0.2, 0.25) is 0 Å². The molecule has 0 spiro atoms. The maximum atomic E-state index is 5.27. The van der Waals surface area contributed by atoms with Crippen molar-refractivity contribution in [2.75, 3.05) is 27.2 Å². The lowest BCUT2D eigenvalue weighted by atomic mass is 10.1. The molecule has 28 heavy (non-hydrogen) atoms. The van der Waals surface area contributed by atoms with Gasteiger partial charge < -0.3 is 0 Å². The molecule has 0 aromatic heterocycles. The van der Waals surface area contributed by atoms with Crippen LogP contribution in [0.2, 0.25) is 0 Å². The van der Waals surface area contributed by atoms with Crippen LogP contribution in [0.25, 0.3) is 0 Å². The highest BCUT2D eigenvalue weighted by Gasteiger charge is 2.08. The summed E-state index contributed by atoms with van der Waals surface area (Å²) >= 11 is 0. The normalized spacial score (nSPS) is 12.4. The van der Waals surface area contributed by atoms with Gasteiger partial charge in [-0.1, -0.05) is 72.5 Å². The van der Waals surface area contributed by atoms with Crippen LogP contribution in [0.4, 0.5) is 0 Å². The monoisotopic (exact) mass is 374 g/mol. The van der Waals surface area contributed by atoms with Crippen LogP contribution in [-0.4, -0.2) is 49.1 Å². The Labute approximate surface area is 172 Å². The summed E-state index contributed by atoms with van der Waals surface area (Å²) < 4.78 is 0. The molecule has 2 heteroatoms. The van der Waals surface area contributed by atoms with Gasteiger partial charge in [-0.15, -0.1) is 12.8 Å². The molecule has 0 aliphatic carbocycles. The van der Waals surface area contributed by atoms with E-state index >= 15 is 0 Å². The molecular weight excluding hydrogens is 340 g/mol. The van der Waals surface area contributed by atoms with E-state index in [4.69, 9.17) is 12.8 Å². The van der Waals surface area contributed by atoms with E-state index in [9.17, 15) is 0 Å². The standard InChI is InChI=1S/2C13H17N/c2*1-4-10-14(3)12(2)11-13-8-6-5-7-9-13/h2*1,5-9,12H,10-11H2,2-3H3/t2*12-/m11/s1. The van der Waals surface area contributed by atoms with Crippen LogP contribution in [0.3, 0.4) is 0 Å². The highest BCUT2D eigenvalue weighted by atomic mass is 15.1. The van der Waals surface area contributed by atoms with Gasteiger partial charge in [-0.2, -0.15) is 0 Å². The van der Waals surface area contributed by atoms with Crippen molar-refractivity contribution < 1.29 is 0 Å². The lowest BCUT2D eigenvalue weighted by Gasteiger charge is -2.22. The van der Waals surface area contributed by atoms with Crippen LogP contribution in [0, 0.1) is 24.7 Å². The number of nitrogens with zero attached hydrogens (tertiary/aromatic N) is 2. The third-order valence-electron chi connectivity index (χ3n) is 4.93. The van der Waals surface area contributed by atoms with E-state index in [1.54, 1.807) is 0 Å². The Morgan fingerprint density at radius 1 is 0.679 bits per heavy atom. The molecule has 0 aliphatic rings. The SMILES string of the molecule is C#CCN(C)[C@H](C)Cc1ccccc1.C#CCN(C)[C@H](C)Cc1ccccc1. The highest BCUT2D eigenvalue weighted by Crippen LogP contribution is 2.07. The quantitative estimate of drug-likeness (QED) is 0.633. The summed E-state index contributed by atoms with van der Waals surface area (Å²) in [5.41, 5.74) is 2.73. The molecule has 0 heterocycles. The lowest BCUT2D eigenvalue weighted by Crippen LogP contribution is -2.31. The minimum absolute atomic E-state index is 0.494. The molecule has 0 aliphatic heterocycles. The average Bonchev–Trinajstić information content (AvgIpc) is 2.70. The summed E-state index contributed by atoms with van der Waals surface area (Å²) in [6, 6.07) is 22.0. The fourth-order valence-electron chi connectivity index (χ4n) is 2.82. The molecule has 2 atom stereocenters. The molecule has 0 saturated carbocycles. The predicted octanol–water partition coefficient (Wildman–Crippen LogP) is 4.37. The Kier molecular flexibility index (Phi) is 11.4. The van der Waals surface area contributed by atoms with Crippen molar-refractivity contribution in [3.05, 3.63) is 71.8 Å². The van der Waals surface area contributed by atoms with Crippen molar-refractivity contribution >= 4 is 0 Å². The first-order valence-corrected chi connectivity index (χ1v) is 9.83. The van der Waals surface area contributed by atoms with Gasteiger partial charge in [0.15, 0.2) is 0 Å². The van der Waals surface area contributed by atoms with Crippen LogP contribution >= 0.6 is 0 Å². The Balaban J connectivity index is 0.000000280. The maximum Gasteiger partial charge on any atom is 0.0598 e. The van der Waals surface area contributed by atoms with Gasteiger partial charge >= 0.3 is 0 Å². The first-order valence-electron chi connectivity index (χ1n) is 9.83. The highest BCUT2D eigenvalue weighted by molar-refractivity contribution is 5.16. The molecule has 0 unspecified atom stereocenters. The fraction of sp³-hybridized carbons (Fsp3) is 0.385. The first-order chi connectivity index (χ1) is 13.5. The number of benzene rings is 2. The van der Waals surface area contributed by atoms with E-state index in [-0.39, 0.29) is 0 Å². The zero-order valence-electron chi connectivity index (χ0n) is 17.8. The maximum absolute atomic E-state index is 5.27. The van der Waals surface area contributed by atoms with Crippen LogP contribution in [0.1, 0.15) is 25.0 Å². The number of terminal acetylenes is 2. The summed E-state index contributed by atoms with van der Waals surface area (Å²) in [6.07, 6.45) is 12.6. The topological polar surface area (TPSA) is 6.48 Å². The molecule has 0 N–H and O–H groups in total. The molecular formula is C26H34N2. The third kappa shape index (κ3) is 9.43. The smallest absolute Gasteiger partial charge is 0.0598 e. The van der Waals surface area contributed by atoms with Crippen LogP contribution in [0.15, 0.2) is 60.7 Å². The summed E-state index contributed by atoms with van der Waals surface area (Å²) in [6.45, 7) is 5.83. The molecule has 148 valence electrons. The van der Waals surface area contributed by atoms with Gasteiger partial charge in [-0.3, -0.25) is 9.80 Å². The van der Waals surface area contributed by atoms with Crippen molar-refractivity contribution in [3.63, 3.8) is 0 Å². The molecule has 2 aromatic carbocycles. The zero-order chi connectivity index (χ0) is 20.8. The van der Waals surface area contributed by atoms with Gasteiger partial charge in [0.25, 0.3) is 0 Å². The summed E-state index contributed by atoms with van der Waals surface area (Å²) in [5.74, 6) is 5.32. The largest absolute Gasteiger partial charge is 0.292 e. The van der Waals surface area contributed by atoms with Crippen molar-refractivity contribution in [3.8, 4) is 24.7 Å². The molecule has 0 bridgehead atoms. The van der Waals surface area contributed by atoms with Crippen molar-refractivity contribution in [1.82, 2.24) is 9.80 Å². The van der Waals surface area contributed by atoms with Crippen LogP contribution in [-0.2, 0) is 12.8 Å². The minimum atomic E-state index is 0.494. The predicted molar refractivity (Wildman–Crippen MR) is 122 cm³/mol. The average molecular weight is 375 g/mol. The van der Waals surface area contributed by atoms with E-state index in [2.05, 4.69) is 98.1 Å². The molecule has 2 aromatic rings. The second-order valence-corrected chi connectivity index (χ2v) is 7.32. The van der Waals surface area contributed by atoms with Crippen LogP contribution < -0.4 is 0 Å². The first kappa shape index (κ1) is 23.5. The molecule has 0 saturated heterocycles. The lowest BCUT2D eigenvalue weighted by molar-refractivity contribution is 0.287. The zero-order valence-corrected chi connectivity index (χ0v) is 17.8. The Bertz CT molecular complexity index is 659. The van der Waals surface area contributed by atoms with Crippen LogP contribution in [0.5, 0.6) is 0 Å². The molecule has 2 rings (SSSR count). The number of likely N-dealkylation sites (N-methyl/N-ethyl adjacent to an activating group) is 2. The van der Waals surface area contributed by atoms with Gasteiger partial charge in [-0.05, 0) is 51.9 Å². The van der Waals surface area contributed by atoms with Gasteiger partial charge in [0.1, 0.15) is 0 Å². The summed E-state index contributed by atoms with van der Waals surface area (Å²) in [4.78, 5) is 4.38. The Hall–Kier alpha value is -2.52. The summed E-state index contributed by atoms with van der Waals surface area (Å²) in [7, 11) is 4.13. The molecule has 0 amide bonds. The second-order valence-electron chi connectivity index (χ2n) is 7.32. The fourth-order valence-corrected chi connectivity index (χ4v) is 2.82. The van der Waals surface area contributed by atoms with Gasteiger partial charge in [0.05, 0.1) is 13.1 Å². The number of rotatable bonds is 8. The van der Waals surface area contributed by atoms with E-state index < -0.39 is 0 Å². The van der Waals surface area contributed by atoms with Gasteiger partial charge in [0, 0.05) is 12.1 Å². The van der Waals surface area contributed by atoms with E-state index in [0.29, 0.717) is 25.2 Å². The number of hydrogen-bond donors (Lipinski definition) is 0. The Morgan fingerprint density at radius 2 is 1.00 bits per heavy atom. The van der Waals surface area contributed by atoms with E-state index in [1.165, 1.54) is 11.1 Å². The van der Waals surface area contributed by atoms with Gasteiger partial charge in [-0.25, -0.2) is 0 Å². The minimum Gasteiger partial charge on any atom is -0.292 e. The van der Waals surface area contributed by atoms with E-state index in [0.717, 1.165) is 12.8 Å².